The van der Waals surface area contributed by atoms with E-state index in [2.05, 4.69) is 4.72 Å². The summed E-state index contributed by atoms with van der Waals surface area (Å²) in [4.78, 5) is 0. The molecule has 0 amide bonds. The number of rotatable bonds is 7. The van der Waals surface area contributed by atoms with Crippen molar-refractivity contribution in [2.24, 2.45) is 0 Å². The van der Waals surface area contributed by atoms with Crippen LogP contribution in [0, 0.1) is 0 Å². The lowest BCUT2D eigenvalue weighted by Gasteiger charge is -2.16. The van der Waals surface area contributed by atoms with Crippen LogP contribution in [0.2, 0.25) is 0 Å². The van der Waals surface area contributed by atoms with Gasteiger partial charge in [0, 0.05) is 11.9 Å². The van der Waals surface area contributed by atoms with Gasteiger partial charge in [0.05, 0.1) is 11.9 Å². The van der Waals surface area contributed by atoms with Crippen molar-refractivity contribution >= 4 is 21.6 Å². The minimum absolute atomic E-state index is 0.0819. The van der Waals surface area contributed by atoms with Gasteiger partial charge in [-0.25, -0.2) is 13.1 Å². The van der Waals surface area contributed by atoms with Crippen molar-refractivity contribution in [2.75, 3.05) is 11.6 Å². The van der Waals surface area contributed by atoms with Gasteiger partial charge in [-0.2, -0.15) is 0 Å². The van der Waals surface area contributed by atoms with Gasteiger partial charge in [0.1, 0.15) is 5.75 Å². The molecule has 0 aliphatic heterocycles. The number of halogens is 1. The van der Waals surface area contributed by atoms with E-state index in [0.717, 1.165) is 11.3 Å². The molecule has 0 aliphatic rings. The third-order valence-corrected chi connectivity index (χ3v) is 4.30. The molecule has 0 bridgehead atoms. The van der Waals surface area contributed by atoms with Crippen LogP contribution in [0.15, 0.2) is 24.3 Å². The third kappa shape index (κ3) is 5.80. The van der Waals surface area contributed by atoms with Gasteiger partial charge in [0.2, 0.25) is 10.0 Å². The molecule has 1 rings (SSSR count). The molecular weight excluding hydrogens is 286 g/mol. The summed E-state index contributed by atoms with van der Waals surface area (Å²) in [7, 11) is -3.34. The van der Waals surface area contributed by atoms with Gasteiger partial charge >= 0.3 is 0 Å². The Bertz CT molecular complexity index is 502. The van der Waals surface area contributed by atoms with Crippen LogP contribution in [-0.2, 0) is 10.0 Å². The van der Waals surface area contributed by atoms with Gasteiger partial charge in [-0.05, 0) is 38.5 Å². The average molecular weight is 306 g/mol. The summed E-state index contributed by atoms with van der Waals surface area (Å²) < 4.78 is 31.5. The third-order valence-electron chi connectivity index (χ3n) is 2.43. The number of benzene rings is 1. The predicted octanol–water partition coefficient (Wildman–Crippen LogP) is 2.69. The van der Waals surface area contributed by atoms with E-state index in [0.29, 0.717) is 0 Å². The second kappa shape index (κ2) is 7.12. The van der Waals surface area contributed by atoms with Crippen LogP contribution in [-0.4, -0.2) is 26.2 Å². The van der Waals surface area contributed by atoms with Crippen LogP contribution in [0.4, 0.5) is 0 Å². The number of ether oxygens (including phenoxy) is 1. The van der Waals surface area contributed by atoms with Crippen LogP contribution in [0.25, 0.3) is 0 Å². The smallest absolute Gasteiger partial charge is 0.213 e. The van der Waals surface area contributed by atoms with Crippen LogP contribution in [0.1, 0.15) is 32.4 Å². The van der Waals surface area contributed by atoms with Gasteiger partial charge in [-0.1, -0.05) is 12.1 Å². The summed E-state index contributed by atoms with van der Waals surface area (Å²) in [5.74, 6) is 0.732. The zero-order valence-corrected chi connectivity index (χ0v) is 13.0. The van der Waals surface area contributed by atoms with E-state index in [4.69, 9.17) is 16.3 Å². The topological polar surface area (TPSA) is 55.4 Å². The van der Waals surface area contributed by atoms with Gasteiger partial charge in [0.15, 0.2) is 0 Å². The second-order valence-electron chi connectivity index (χ2n) is 4.59. The maximum atomic E-state index is 11.7. The Kier molecular flexibility index (Phi) is 6.10. The van der Waals surface area contributed by atoms with Crippen molar-refractivity contribution in [3.05, 3.63) is 29.8 Å². The van der Waals surface area contributed by atoms with Crippen LogP contribution in [0.3, 0.4) is 0 Å². The highest BCUT2D eigenvalue weighted by Crippen LogP contribution is 2.20. The van der Waals surface area contributed by atoms with Crippen molar-refractivity contribution in [1.29, 1.82) is 0 Å². The number of sulfonamides is 1. The van der Waals surface area contributed by atoms with E-state index in [1.165, 1.54) is 0 Å². The normalized spacial score (nSPS) is 13.5. The Morgan fingerprint density at radius 3 is 2.58 bits per heavy atom. The second-order valence-corrected chi connectivity index (χ2v) is 6.84. The summed E-state index contributed by atoms with van der Waals surface area (Å²) in [5, 5.41) is 0. The lowest BCUT2D eigenvalue weighted by molar-refractivity contribution is 0.242. The Labute approximate surface area is 120 Å². The van der Waals surface area contributed by atoms with Crippen molar-refractivity contribution in [3.63, 3.8) is 0 Å². The first-order valence-electron chi connectivity index (χ1n) is 6.16. The van der Waals surface area contributed by atoms with Crippen LogP contribution < -0.4 is 9.46 Å². The Balaban J connectivity index is 2.79. The number of alkyl halides is 1. The summed E-state index contributed by atoms with van der Waals surface area (Å²) in [6, 6.07) is 7.08. The SMILES string of the molecule is CC(C)Oc1cccc(C(C)NS(=O)(=O)CCCl)c1. The van der Waals surface area contributed by atoms with Gasteiger partial charge in [-0.15, -0.1) is 11.6 Å². The van der Waals surface area contributed by atoms with Crippen molar-refractivity contribution < 1.29 is 13.2 Å². The maximum absolute atomic E-state index is 11.7. The van der Waals surface area contributed by atoms with Gasteiger partial charge < -0.3 is 4.74 Å². The molecule has 0 heterocycles. The molecule has 0 radical (unpaired) electrons. The van der Waals surface area contributed by atoms with Crippen molar-refractivity contribution in [2.45, 2.75) is 32.9 Å². The molecule has 0 aliphatic carbocycles. The number of nitrogens with one attached hydrogen (secondary N) is 1. The molecule has 6 heteroatoms. The largest absolute Gasteiger partial charge is 0.491 e. The molecule has 1 aromatic rings. The molecular formula is C13H20ClNO3S. The first kappa shape index (κ1) is 16.3. The fourth-order valence-electron chi connectivity index (χ4n) is 1.63. The standard InChI is InChI=1S/C13H20ClNO3S/c1-10(2)18-13-6-4-5-12(9-13)11(3)15-19(16,17)8-7-14/h4-6,9-11,15H,7-8H2,1-3H3. The quantitative estimate of drug-likeness (QED) is 0.788. The highest BCUT2D eigenvalue weighted by Gasteiger charge is 2.15. The summed E-state index contributed by atoms with van der Waals surface area (Å²) in [6.45, 7) is 5.68. The Morgan fingerprint density at radius 1 is 1.32 bits per heavy atom. The van der Waals surface area contributed by atoms with Crippen LogP contribution >= 0.6 is 11.6 Å². The fraction of sp³-hybridized carbons (Fsp3) is 0.538. The minimum Gasteiger partial charge on any atom is -0.491 e. The Hall–Kier alpha value is -0.780. The van der Waals surface area contributed by atoms with E-state index < -0.39 is 10.0 Å². The molecule has 1 unspecified atom stereocenters. The molecule has 0 fully saturated rings. The van der Waals surface area contributed by atoms with E-state index in [1.807, 2.05) is 38.1 Å². The molecule has 1 atom stereocenters. The lowest BCUT2D eigenvalue weighted by Crippen LogP contribution is -2.29. The maximum Gasteiger partial charge on any atom is 0.213 e. The molecule has 1 aromatic carbocycles. The summed E-state index contributed by atoms with van der Waals surface area (Å²) >= 11 is 5.46. The molecule has 19 heavy (non-hydrogen) atoms. The molecule has 4 nitrogen and oxygen atoms in total. The van der Waals surface area contributed by atoms with E-state index >= 15 is 0 Å². The van der Waals surface area contributed by atoms with Crippen molar-refractivity contribution in [1.82, 2.24) is 4.72 Å². The zero-order chi connectivity index (χ0) is 14.5. The highest BCUT2D eigenvalue weighted by atomic mass is 35.5. The molecule has 0 saturated heterocycles. The number of hydrogen-bond donors (Lipinski definition) is 1. The lowest BCUT2D eigenvalue weighted by atomic mass is 10.1. The molecule has 0 saturated carbocycles. The molecule has 0 spiro atoms. The summed E-state index contributed by atoms with van der Waals surface area (Å²) in [5.41, 5.74) is 0.858. The van der Waals surface area contributed by atoms with Gasteiger partial charge in [-0.3, -0.25) is 0 Å². The van der Waals surface area contributed by atoms with Crippen LogP contribution in [0.5, 0.6) is 5.75 Å². The number of hydrogen-bond acceptors (Lipinski definition) is 3. The predicted molar refractivity (Wildman–Crippen MR) is 78.3 cm³/mol. The fourth-order valence-corrected chi connectivity index (χ4v) is 3.23. The first-order chi connectivity index (χ1) is 8.84. The van der Waals surface area contributed by atoms with E-state index in [-0.39, 0.29) is 23.8 Å². The van der Waals surface area contributed by atoms with Gasteiger partial charge in [0.25, 0.3) is 0 Å². The molecule has 108 valence electrons. The Morgan fingerprint density at radius 2 is 2.00 bits per heavy atom. The zero-order valence-electron chi connectivity index (χ0n) is 11.4. The van der Waals surface area contributed by atoms with Crippen molar-refractivity contribution in [3.8, 4) is 5.75 Å². The first-order valence-corrected chi connectivity index (χ1v) is 8.35. The monoisotopic (exact) mass is 305 g/mol. The molecule has 0 aromatic heterocycles. The molecule has 1 N–H and O–H groups in total. The van der Waals surface area contributed by atoms with E-state index in [9.17, 15) is 8.42 Å². The average Bonchev–Trinajstić information content (AvgIpc) is 2.27. The van der Waals surface area contributed by atoms with E-state index in [1.54, 1.807) is 6.92 Å². The minimum atomic E-state index is -3.34. The summed E-state index contributed by atoms with van der Waals surface area (Å²) in [6.07, 6.45) is 0.0819. The highest BCUT2D eigenvalue weighted by molar-refractivity contribution is 7.89.